The molecule has 0 N–H and O–H groups in total. The Morgan fingerprint density at radius 1 is 0.742 bits per heavy atom. The predicted octanol–water partition coefficient (Wildman–Crippen LogP) is 7.03. The maximum atomic E-state index is 11.5. The van der Waals surface area contributed by atoms with Gasteiger partial charge in [-0.3, -0.25) is 0 Å². The second kappa shape index (κ2) is 11.1. The molecule has 1 atom stereocenters. The number of rotatable bonds is 11. The maximum Gasteiger partial charge on any atom is 0.143 e. The average molecular weight is 415 g/mol. The van der Waals surface area contributed by atoms with Crippen LogP contribution in [-0.4, -0.2) is 12.4 Å². The fourth-order valence-corrected chi connectivity index (χ4v) is 4.33. The van der Waals surface area contributed by atoms with Crippen molar-refractivity contribution in [3.05, 3.63) is 108 Å². The summed E-state index contributed by atoms with van der Waals surface area (Å²) in [5, 5.41) is 0. The molecule has 0 aliphatic carbocycles. The SMILES string of the molecule is CC(=O)CC[C@H](CCOC(c1ccccc1)(c1ccccc1)c1ccccc1)C(C)C. The van der Waals surface area contributed by atoms with Gasteiger partial charge in [-0.05, 0) is 48.3 Å². The van der Waals surface area contributed by atoms with E-state index in [9.17, 15) is 4.79 Å². The van der Waals surface area contributed by atoms with Gasteiger partial charge in [-0.1, -0.05) is 105 Å². The largest absolute Gasteiger partial charge is 0.361 e. The van der Waals surface area contributed by atoms with Crippen LogP contribution in [0.3, 0.4) is 0 Å². The maximum absolute atomic E-state index is 11.5. The first kappa shape index (κ1) is 23.0. The van der Waals surface area contributed by atoms with Crippen molar-refractivity contribution in [2.24, 2.45) is 11.8 Å². The Hall–Kier alpha value is -2.71. The summed E-state index contributed by atoms with van der Waals surface area (Å²) in [6, 6.07) is 31.5. The summed E-state index contributed by atoms with van der Waals surface area (Å²) in [6.45, 7) is 6.78. The number of ketones is 1. The molecule has 0 unspecified atom stereocenters. The molecule has 162 valence electrons. The lowest BCUT2D eigenvalue weighted by Crippen LogP contribution is -2.34. The molecule has 3 aromatic carbocycles. The Balaban J connectivity index is 1.97. The number of Topliss-reactive ketones (excluding diaryl/α,β-unsaturated/α-hetero) is 1. The van der Waals surface area contributed by atoms with E-state index in [1.807, 2.05) is 18.2 Å². The van der Waals surface area contributed by atoms with Gasteiger partial charge in [0.25, 0.3) is 0 Å². The van der Waals surface area contributed by atoms with Crippen LogP contribution in [0.5, 0.6) is 0 Å². The third kappa shape index (κ3) is 5.71. The van der Waals surface area contributed by atoms with E-state index in [4.69, 9.17) is 4.74 Å². The van der Waals surface area contributed by atoms with Crippen molar-refractivity contribution < 1.29 is 9.53 Å². The highest BCUT2D eigenvalue weighted by molar-refractivity contribution is 5.75. The Morgan fingerprint density at radius 3 is 1.52 bits per heavy atom. The number of hydrogen-bond donors (Lipinski definition) is 0. The molecule has 0 aliphatic heterocycles. The summed E-state index contributed by atoms with van der Waals surface area (Å²) in [4.78, 5) is 11.5. The zero-order valence-electron chi connectivity index (χ0n) is 19.0. The van der Waals surface area contributed by atoms with Crippen LogP contribution < -0.4 is 0 Å². The molecule has 0 aromatic heterocycles. The van der Waals surface area contributed by atoms with Crippen LogP contribution >= 0.6 is 0 Å². The fourth-order valence-electron chi connectivity index (χ4n) is 4.33. The smallest absolute Gasteiger partial charge is 0.143 e. The summed E-state index contributed by atoms with van der Waals surface area (Å²) in [7, 11) is 0. The van der Waals surface area contributed by atoms with Crippen LogP contribution in [0, 0.1) is 11.8 Å². The number of carbonyl (C=O) groups excluding carboxylic acids is 1. The Bertz CT molecular complexity index is 820. The van der Waals surface area contributed by atoms with Gasteiger partial charge >= 0.3 is 0 Å². The molecular formula is C29H34O2. The van der Waals surface area contributed by atoms with Crippen molar-refractivity contribution in [1.82, 2.24) is 0 Å². The number of benzene rings is 3. The Morgan fingerprint density at radius 2 is 1.16 bits per heavy atom. The number of ether oxygens (including phenoxy) is 1. The second-order valence-electron chi connectivity index (χ2n) is 8.66. The first-order valence-corrected chi connectivity index (χ1v) is 11.3. The summed E-state index contributed by atoms with van der Waals surface area (Å²) in [5.74, 6) is 1.24. The van der Waals surface area contributed by atoms with Gasteiger partial charge in [0, 0.05) is 13.0 Å². The van der Waals surface area contributed by atoms with Gasteiger partial charge in [-0.15, -0.1) is 0 Å². The summed E-state index contributed by atoms with van der Waals surface area (Å²) in [6.07, 6.45) is 2.49. The Kier molecular flexibility index (Phi) is 8.20. The standard InChI is InChI=1S/C29H34O2/c1-23(2)25(20-19-24(3)30)21-22-31-29(26-13-7-4-8-14-26,27-15-9-5-10-16-27)28-17-11-6-12-18-28/h4-18,23,25H,19-22H2,1-3H3/t25-/m1/s1. The molecular weight excluding hydrogens is 380 g/mol. The van der Waals surface area contributed by atoms with Gasteiger partial charge in [0.15, 0.2) is 0 Å². The van der Waals surface area contributed by atoms with Gasteiger partial charge in [0.1, 0.15) is 11.4 Å². The van der Waals surface area contributed by atoms with Crippen molar-refractivity contribution >= 4 is 5.78 Å². The molecule has 0 heterocycles. The van der Waals surface area contributed by atoms with Gasteiger partial charge in [0.2, 0.25) is 0 Å². The lowest BCUT2D eigenvalue weighted by molar-refractivity contribution is -0.117. The van der Waals surface area contributed by atoms with E-state index in [2.05, 4.69) is 86.6 Å². The Labute approximate surface area is 187 Å². The van der Waals surface area contributed by atoms with Crippen LogP contribution in [0.4, 0.5) is 0 Å². The minimum absolute atomic E-state index is 0.263. The molecule has 0 spiro atoms. The molecule has 0 radical (unpaired) electrons. The van der Waals surface area contributed by atoms with Crippen molar-refractivity contribution in [3.63, 3.8) is 0 Å². The highest BCUT2D eigenvalue weighted by atomic mass is 16.5. The van der Waals surface area contributed by atoms with E-state index in [1.54, 1.807) is 6.92 Å². The lowest BCUT2D eigenvalue weighted by Gasteiger charge is -2.36. The van der Waals surface area contributed by atoms with Crippen molar-refractivity contribution in [2.75, 3.05) is 6.61 Å². The first-order chi connectivity index (χ1) is 15.0. The van der Waals surface area contributed by atoms with E-state index in [0.717, 1.165) is 29.5 Å². The summed E-state index contributed by atoms with van der Waals surface area (Å²) in [5.41, 5.74) is 2.69. The molecule has 2 nitrogen and oxygen atoms in total. The molecule has 0 aliphatic rings. The molecule has 3 rings (SSSR count). The van der Waals surface area contributed by atoms with Gasteiger partial charge in [-0.25, -0.2) is 0 Å². The van der Waals surface area contributed by atoms with Crippen LogP contribution in [0.25, 0.3) is 0 Å². The minimum atomic E-state index is -0.675. The number of hydrogen-bond acceptors (Lipinski definition) is 2. The molecule has 0 saturated heterocycles. The van der Waals surface area contributed by atoms with Gasteiger partial charge < -0.3 is 9.53 Å². The minimum Gasteiger partial charge on any atom is -0.361 e. The summed E-state index contributed by atoms with van der Waals surface area (Å²) < 4.78 is 6.89. The zero-order valence-corrected chi connectivity index (χ0v) is 19.0. The molecule has 0 bridgehead atoms. The highest BCUT2D eigenvalue weighted by Crippen LogP contribution is 2.40. The van der Waals surface area contributed by atoms with Crippen molar-refractivity contribution in [2.45, 2.75) is 45.6 Å². The van der Waals surface area contributed by atoms with Crippen molar-refractivity contribution in [1.29, 1.82) is 0 Å². The van der Waals surface area contributed by atoms with Crippen LogP contribution in [-0.2, 0) is 15.1 Å². The lowest BCUT2D eigenvalue weighted by atomic mass is 9.80. The van der Waals surface area contributed by atoms with Gasteiger partial charge in [0.05, 0.1) is 0 Å². The third-order valence-corrected chi connectivity index (χ3v) is 6.16. The van der Waals surface area contributed by atoms with E-state index in [1.165, 1.54) is 0 Å². The van der Waals surface area contributed by atoms with E-state index >= 15 is 0 Å². The first-order valence-electron chi connectivity index (χ1n) is 11.3. The highest BCUT2D eigenvalue weighted by Gasteiger charge is 2.37. The van der Waals surface area contributed by atoms with Crippen LogP contribution in [0.1, 0.15) is 56.7 Å². The molecule has 0 amide bonds. The molecule has 0 saturated carbocycles. The normalized spacial score (nSPS) is 12.6. The monoisotopic (exact) mass is 414 g/mol. The average Bonchev–Trinajstić information content (AvgIpc) is 2.80. The number of carbonyl (C=O) groups is 1. The van der Waals surface area contributed by atoms with E-state index in [0.29, 0.717) is 24.9 Å². The summed E-state index contributed by atoms with van der Waals surface area (Å²) >= 11 is 0. The fraction of sp³-hybridized carbons (Fsp3) is 0.345. The molecule has 2 heteroatoms. The third-order valence-electron chi connectivity index (χ3n) is 6.16. The van der Waals surface area contributed by atoms with E-state index < -0.39 is 5.60 Å². The molecule has 3 aromatic rings. The topological polar surface area (TPSA) is 26.3 Å². The van der Waals surface area contributed by atoms with Crippen LogP contribution in [0.15, 0.2) is 91.0 Å². The van der Waals surface area contributed by atoms with Crippen molar-refractivity contribution in [3.8, 4) is 0 Å². The van der Waals surface area contributed by atoms with Crippen LogP contribution in [0.2, 0.25) is 0 Å². The second-order valence-corrected chi connectivity index (χ2v) is 8.66. The quantitative estimate of drug-likeness (QED) is 0.315. The zero-order chi connectivity index (χ0) is 22.1. The molecule has 0 fully saturated rings. The predicted molar refractivity (Wildman–Crippen MR) is 128 cm³/mol. The van der Waals surface area contributed by atoms with E-state index in [-0.39, 0.29) is 5.78 Å². The van der Waals surface area contributed by atoms with Gasteiger partial charge in [-0.2, -0.15) is 0 Å². The molecule has 31 heavy (non-hydrogen) atoms.